The molecule has 2 N–H and O–H groups in total. The van der Waals surface area contributed by atoms with Gasteiger partial charge in [-0.3, -0.25) is 14.6 Å². The van der Waals surface area contributed by atoms with Crippen LogP contribution in [0.5, 0.6) is 0 Å². The molecular weight excluding hydrogens is 488 g/mol. The lowest BCUT2D eigenvalue weighted by molar-refractivity contribution is -0.124. The molecular formula is C32H40N4O3. The van der Waals surface area contributed by atoms with Crippen LogP contribution in [-0.2, 0) is 9.59 Å². The molecule has 2 atom stereocenters. The number of fused-ring (bicyclic) bond motifs is 1. The Bertz CT molecular complexity index is 1340. The van der Waals surface area contributed by atoms with E-state index in [9.17, 15) is 9.59 Å². The Morgan fingerprint density at radius 2 is 1.97 bits per heavy atom. The summed E-state index contributed by atoms with van der Waals surface area (Å²) in [5, 5.41) is 7.80. The molecule has 2 aliphatic carbocycles. The van der Waals surface area contributed by atoms with Gasteiger partial charge in [0.05, 0.1) is 11.7 Å². The number of carbonyl (C=O) groups is 2. The highest BCUT2D eigenvalue weighted by Gasteiger charge is 2.57. The lowest BCUT2D eigenvalue weighted by atomic mass is 9.91. The number of ketones is 1. The third-order valence-electron chi connectivity index (χ3n) is 9.08. The molecule has 39 heavy (non-hydrogen) atoms. The molecule has 3 fully saturated rings. The van der Waals surface area contributed by atoms with Crippen molar-refractivity contribution in [2.75, 3.05) is 13.1 Å². The van der Waals surface area contributed by atoms with Crippen LogP contribution in [0.4, 0.5) is 0 Å². The molecule has 0 unspecified atom stereocenters. The molecule has 3 aliphatic rings. The van der Waals surface area contributed by atoms with Crippen molar-refractivity contribution in [3.05, 3.63) is 48.1 Å². The third-order valence-corrected chi connectivity index (χ3v) is 9.08. The highest BCUT2D eigenvalue weighted by atomic mass is 16.4. The van der Waals surface area contributed by atoms with E-state index in [1.54, 1.807) is 6.20 Å². The maximum Gasteiger partial charge on any atom is 0.224 e. The Kier molecular flexibility index (Phi) is 7.52. The van der Waals surface area contributed by atoms with Crippen LogP contribution >= 0.6 is 0 Å². The molecule has 2 aromatic heterocycles. The second-order valence-electron chi connectivity index (χ2n) is 11.9. The van der Waals surface area contributed by atoms with Gasteiger partial charge in [-0.05, 0) is 87.7 Å². The van der Waals surface area contributed by atoms with Crippen molar-refractivity contribution in [1.82, 2.24) is 20.6 Å². The summed E-state index contributed by atoms with van der Waals surface area (Å²) in [5.41, 5.74) is 3.34. The van der Waals surface area contributed by atoms with Crippen molar-refractivity contribution in [3.8, 4) is 11.3 Å². The summed E-state index contributed by atoms with van der Waals surface area (Å²) in [6.45, 7) is 3.91. The van der Waals surface area contributed by atoms with Gasteiger partial charge >= 0.3 is 0 Å². The lowest BCUT2D eigenvalue weighted by Crippen LogP contribution is -2.35. The topological polar surface area (TPSA) is 97.1 Å². The molecule has 1 aromatic carbocycles. The molecule has 1 amide bonds. The number of nitrogens with one attached hydrogen (secondary N) is 2. The second kappa shape index (κ2) is 11.2. The first-order valence-corrected chi connectivity index (χ1v) is 14.9. The van der Waals surface area contributed by atoms with E-state index in [0.717, 1.165) is 74.5 Å². The zero-order valence-electron chi connectivity index (χ0n) is 23.0. The van der Waals surface area contributed by atoms with Crippen LogP contribution in [0.2, 0.25) is 0 Å². The van der Waals surface area contributed by atoms with Crippen LogP contribution in [0.1, 0.15) is 101 Å². The summed E-state index contributed by atoms with van der Waals surface area (Å²) in [6.07, 6.45) is 12.1. The minimum absolute atomic E-state index is 0.0900. The number of hydrogen-bond acceptors (Lipinski definition) is 6. The van der Waals surface area contributed by atoms with Crippen LogP contribution in [0.25, 0.3) is 22.2 Å². The number of nitrogens with zero attached hydrogens (tertiary/aromatic N) is 2. The number of carbonyl (C=O) groups excluding carboxylic acids is 2. The van der Waals surface area contributed by atoms with E-state index in [1.165, 1.54) is 18.5 Å². The molecule has 1 spiro atoms. The van der Waals surface area contributed by atoms with Gasteiger partial charge in [0.25, 0.3) is 0 Å². The summed E-state index contributed by atoms with van der Waals surface area (Å²) in [6, 6.07) is 10.2. The van der Waals surface area contributed by atoms with Crippen molar-refractivity contribution < 1.29 is 14.0 Å². The largest absolute Gasteiger partial charge is 0.438 e. The summed E-state index contributed by atoms with van der Waals surface area (Å²) in [5.74, 6) is 2.42. The fourth-order valence-electron chi connectivity index (χ4n) is 6.23. The van der Waals surface area contributed by atoms with Gasteiger partial charge in [-0.15, -0.1) is 0 Å². The number of benzene rings is 1. The van der Waals surface area contributed by atoms with Crippen molar-refractivity contribution >= 4 is 22.6 Å². The Hall–Kier alpha value is -3.06. The Labute approximate surface area is 230 Å². The number of piperidine rings is 1. The molecule has 7 heteroatoms. The van der Waals surface area contributed by atoms with Crippen molar-refractivity contribution in [3.63, 3.8) is 0 Å². The van der Waals surface area contributed by atoms with Crippen LogP contribution in [0.15, 0.2) is 40.9 Å². The molecule has 3 aromatic rings. The zero-order chi connectivity index (χ0) is 26.8. The van der Waals surface area contributed by atoms with Gasteiger partial charge < -0.3 is 15.1 Å². The minimum Gasteiger partial charge on any atom is -0.438 e. The molecule has 206 valence electrons. The van der Waals surface area contributed by atoms with Crippen LogP contribution in [0.3, 0.4) is 0 Å². The van der Waals surface area contributed by atoms with Gasteiger partial charge in [0.2, 0.25) is 11.8 Å². The lowest BCUT2D eigenvalue weighted by Gasteiger charge is -2.24. The van der Waals surface area contributed by atoms with E-state index in [0.29, 0.717) is 36.2 Å². The maximum atomic E-state index is 13.3. The first-order chi connectivity index (χ1) is 19.0. The number of hydrogen-bond donors (Lipinski definition) is 2. The number of oxazole rings is 1. The van der Waals surface area contributed by atoms with Gasteiger partial charge in [-0.2, -0.15) is 0 Å². The fraction of sp³-hybridized carbons (Fsp3) is 0.562. The SMILES string of the molecule is CCC(=O)CCCCC[C@H](NC(=O)[C@H]1CC12CCNCC2)c1ncc(-c2ccc3nc(C4CC4)ccc3c2)o1. The summed E-state index contributed by atoms with van der Waals surface area (Å²) in [4.78, 5) is 34.5. The van der Waals surface area contributed by atoms with E-state index in [-0.39, 0.29) is 23.3 Å². The number of aromatic nitrogens is 2. The predicted molar refractivity (Wildman–Crippen MR) is 151 cm³/mol. The Morgan fingerprint density at radius 3 is 2.77 bits per heavy atom. The molecule has 0 radical (unpaired) electrons. The first-order valence-electron chi connectivity index (χ1n) is 14.9. The number of Topliss-reactive ketones (excluding diaryl/α,β-unsaturated/α-hetero) is 1. The number of amides is 1. The van der Waals surface area contributed by atoms with Crippen molar-refractivity contribution in [2.24, 2.45) is 11.3 Å². The van der Waals surface area contributed by atoms with Gasteiger partial charge in [0.1, 0.15) is 11.8 Å². The van der Waals surface area contributed by atoms with Gasteiger partial charge in [-0.25, -0.2) is 4.98 Å². The highest BCUT2D eigenvalue weighted by molar-refractivity contribution is 5.84. The van der Waals surface area contributed by atoms with Crippen molar-refractivity contribution in [2.45, 2.75) is 89.5 Å². The van der Waals surface area contributed by atoms with E-state index in [4.69, 9.17) is 9.40 Å². The normalized spacial score (nSPS) is 20.7. The fourth-order valence-corrected chi connectivity index (χ4v) is 6.23. The van der Waals surface area contributed by atoms with Crippen molar-refractivity contribution in [1.29, 1.82) is 0 Å². The summed E-state index contributed by atoms with van der Waals surface area (Å²) < 4.78 is 6.29. The third kappa shape index (κ3) is 5.93. The molecule has 7 nitrogen and oxygen atoms in total. The number of pyridine rings is 1. The van der Waals surface area contributed by atoms with Gasteiger partial charge in [0.15, 0.2) is 5.76 Å². The predicted octanol–water partition coefficient (Wildman–Crippen LogP) is 6.24. The van der Waals surface area contributed by atoms with Crippen LogP contribution < -0.4 is 10.6 Å². The number of rotatable bonds is 12. The molecule has 6 rings (SSSR count). The van der Waals surface area contributed by atoms with Crippen LogP contribution in [0, 0.1) is 11.3 Å². The minimum atomic E-state index is -0.268. The quantitative estimate of drug-likeness (QED) is 0.270. The van der Waals surface area contributed by atoms with E-state index in [2.05, 4.69) is 39.9 Å². The van der Waals surface area contributed by atoms with E-state index < -0.39 is 0 Å². The van der Waals surface area contributed by atoms with Gasteiger partial charge in [-0.1, -0.05) is 25.8 Å². The Balaban J connectivity index is 1.15. The van der Waals surface area contributed by atoms with Gasteiger partial charge in [0, 0.05) is 41.3 Å². The number of unbranched alkanes of at least 4 members (excludes halogenated alkanes) is 2. The smallest absolute Gasteiger partial charge is 0.224 e. The average molecular weight is 529 g/mol. The van der Waals surface area contributed by atoms with E-state index in [1.807, 2.05) is 13.0 Å². The Morgan fingerprint density at radius 1 is 1.13 bits per heavy atom. The molecule has 3 heterocycles. The zero-order valence-corrected chi connectivity index (χ0v) is 23.0. The summed E-state index contributed by atoms with van der Waals surface area (Å²) >= 11 is 0. The standard InChI is InChI=1S/C32H40N4O3/c1-2-24(37)6-4-3-5-7-28(36-30(38)25-19-32(25)14-16-33-17-15-32)31-34-20-29(39-31)23-11-13-27-22(18-23)10-12-26(35-27)21-8-9-21/h10-13,18,20-21,25,28,33H,2-9,14-17,19H2,1H3,(H,36,38)/t25-,28+/m1/s1. The molecule has 2 saturated carbocycles. The van der Waals surface area contributed by atoms with Crippen LogP contribution in [-0.4, -0.2) is 34.7 Å². The first kappa shape index (κ1) is 26.2. The highest BCUT2D eigenvalue weighted by Crippen LogP contribution is 2.58. The average Bonchev–Trinajstić information content (AvgIpc) is 3.88. The molecule has 1 aliphatic heterocycles. The maximum absolute atomic E-state index is 13.3. The molecule has 1 saturated heterocycles. The van der Waals surface area contributed by atoms with E-state index >= 15 is 0 Å². The second-order valence-corrected chi connectivity index (χ2v) is 11.9. The summed E-state index contributed by atoms with van der Waals surface area (Å²) in [7, 11) is 0. The monoisotopic (exact) mass is 528 g/mol. The molecule has 0 bridgehead atoms.